The van der Waals surface area contributed by atoms with E-state index in [0.717, 1.165) is 19.3 Å². The van der Waals surface area contributed by atoms with E-state index < -0.39 is 12.0 Å². The van der Waals surface area contributed by atoms with Crippen LogP contribution in [0.5, 0.6) is 0 Å². The third kappa shape index (κ3) is 3.69. The molecule has 92 valence electrons. The monoisotopic (exact) mass is 230 g/mol. The third-order valence-corrected chi connectivity index (χ3v) is 2.57. The second-order valence-electron chi connectivity index (χ2n) is 3.84. The molecule has 0 saturated carbocycles. The quantitative estimate of drug-likeness (QED) is 0.727. The molecule has 6 nitrogen and oxygen atoms in total. The van der Waals surface area contributed by atoms with Crippen molar-refractivity contribution in [3.63, 3.8) is 0 Å². The zero-order chi connectivity index (χ0) is 12.0. The molecule has 1 aliphatic heterocycles. The summed E-state index contributed by atoms with van der Waals surface area (Å²) in [6.45, 7) is 1.38. The molecule has 0 aliphatic carbocycles. The van der Waals surface area contributed by atoms with Crippen molar-refractivity contribution in [3.8, 4) is 0 Å². The van der Waals surface area contributed by atoms with Gasteiger partial charge in [0.2, 0.25) is 0 Å². The average molecular weight is 230 g/mol. The molecule has 1 rings (SSSR count). The van der Waals surface area contributed by atoms with Gasteiger partial charge in [-0.3, -0.25) is 0 Å². The molecule has 6 heteroatoms. The average Bonchev–Trinajstić information content (AvgIpc) is 2.29. The van der Waals surface area contributed by atoms with Crippen LogP contribution in [0.2, 0.25) is 0 Å². The Hall–Kier alpha value is -1.30. The number of hydrogen-bond acceptors (Lipinski definition) is 3. The Morgan fingerprint density at radius 1 is 1.38 bits per heavy atom. The summed E-state index contributed by atoms with van der Waals surface area (Å²) in [6.07, 6.45) is 3.09. The van der Waals surface area contributed by atoms with Crippen LogP contribution in [0.25, 0.3) is 0 Å². The van der Waals surface area contributed by atoms with Gasteiger partial charge < -0.3 is 20.1 Å². The molecule has 0 aromatic carbocycles. The highest BCUT2D eigenvalue weighted by atomic mass is 16.5. The van der Waals surface area contributed by atoms with Crippen LogP contribution in [0.1, 0.15) is 19.3 Å². The van der Waals surface area contributed by atoms with E-state index in [-0.39, 0.29) is 12.6 Å². The first-order chi connectivity index (χ1) is 7.65. The maximum atomic E-state index is 11.7. The van der Waals surface area contributed by atoms with Crippen molar-refractivity contribution in [2.24, 2.45) is 0 Å². The van der Waals surface area contributed by atoms with Crippen molar-refractivity contribution >= 4 is 12.0 Å². The van der Waals surface area contributed by atoms with E-state index in [4.69, 9.17) is 9.84 Å². The van der Waals surface area contributed by atoms with Crippen molar-refractivity contribution in [1.29, 1.82) is 0 Å². The topological polar surface area (TPSA) is 78.9 Å². The smallest absolute Gasteiger partial charge is 0.328 e. The van der Waals surface area contributed by atoms with Crippen LogP contribution in [-0.4, -0.2) is 54.9 Å². The van der Waals surface area contributed by atoms with E-state index in [0.29, 0.717) is 13.1 Å². The first kappa shape index (κ1) is 12.8. The van der Waals surface area contributed by atoms with E-state index >= 15 is 0 Å². The maximum Gasteiger partial charge on any atom is 0.328 e. The molecular weight excluding hydrogens is 212 g/mol. The number of nitrogens with one attached hydrogen (secondary N) is 1. The summed E-state index contributed by atoms with van der Waals surface area (Å²) < 4.78 is 4.74. The molecule has 0 radical (unpaired) electrons. The Labute approximate surface area is 94.6 Å². The SMILES string of the molecule is COCC(NC(=O)N1CCCCC1)C(=O)O. The number of aliphatic carboxylic acids is 1. The van der Waals surface area contributed by atoms with Crippen LogP contribution in [0.15, 0.2) is 0 Å². The number of hydrogen-bond donors (Lipinski definition) is 2. The van der Waals surface area contributed by atoms with Gasteiger partial charge in [0.05, 0.1) is 6.61 Å². The fourth-order valence-corrected chi connectivity index (χ4v) is 1.68. The molecule has 0 bridgehead atoms. The van der Waals surface area contributed by atoms with Gasteiger partial charge >= 0.3 is 12.0 Å². The van der Waals surface area contributed by atoms with Crippen molar-refractivity contribution in [1.82, 2.24) is 10.2 Å². The predicted molar refractivity (Wildman–Crippen MR) is 57.3 cm³/mol. The fraction of sp³-hybridized carbons (Fsp3) is 0.800. The van der Waals surface area contributed by atoms with Crippen LogP contribution in [0.3, 0.4) is 0 Å². The summed E-state index contributed by atoms with van der Waals surface area (Å²) in [5, 5.41) is 11.3. The molecule has 2 amide bonds. The van der Waals surface area contributed by atoms with Gasteiger partial charge in [0.1, 0.15) is 0 Å². The summed E-state index contributed by atoms with van der Waals surface area (Å²) in [5.41, 5.74) is 0. The van der Waals surface area contributed by atoms with Gasteiger partial charge in [0, 0.05) is 20.2 Å². The van der Waals surface area contributed by atoms with Crippen molar-refractivity contribution in [2.75, 3.05) is 26.8 Å². The summed E-state index contributed by atoms with van der Waals surface area (Å²) in [4.78, 5) is 24.1. The number of carboxylic acids is 1. The summed E-state index contributed by atoms with van der Waals surface area (Å²) in [5.74, 6) is -1.08. The van der Waals surface area contributed by atoms with E-state index in [1.807, 2.05) is 0 Å². The Kier molecular flexibility index (Phi) is 5.04. The van der Waals surface area contributed by atoms with Crippen LogP contribution >= 0.6 is 0 Å². The highest BCUT2D eigenvalue weighted by Gasteiger charge is 2.23. The zero-order valence-corrected chi connectivity index (χ0v) is 9.44. The number of nitrogens with zero attached hydrogens (tertiary/aromatic N) is 1. The van der Waals surface area contributed by atoms with E-state index in [1.165, 1.54) is 7.11 Å². The van der Waals surface area contributed by atoms with Crippen LogP contribution in [0.4, 0.5) is 4.79 Å². The molecule has 0 aromatic rings. The molecule has 0 spiro atoms. The van der Waals surface area contributed by atoms with E-state index in [9.17, 15) is 9.59 Å². The Morgan fingerprint density at radius 3 is 2.50 bits per heavy atom. The minimum absolute atomic E-state index is 0.0189. The number of methoxy groups -OCH3 is 1. The standard InChI is InChI=1S/C10H18N2O4/c1-16-7-8(9(13)14)11-10(15)12-5-3-2-4-6-12/h8H,2-7H2,1H3,(H,11,15)(H,13,14). The highest BCUT2D eigenvalue weighted by molar-refractivity contribution is 5.82. The zero-order valence-electron chi connectivity index (χ0n) is 9.44. The predicted octanol–water partition coefficient (Wildman–Crippen LogP) is 0.281. The Bertz CT molecular complexity index is 251. The van der Waals surface area contributed by atoms with Gasteiger partial charge in [-0.1, -0.05) is 0 Å². The first-order valence-corrected chi connectivity index (χ1v) is 5.42. The minimum Gasteiger partial charge on any atom is -0.480 e. The summed E-state index contributed by atoms with van der Waals surface area (Å²) in [7, 11) is 1.41. The van der Waals surface area contributed by atoms with Gasteiger partial charge in [-0.15, -0.1) is 0 Å². The van der Waals surface area contributed by atoms with Gasteiger partial charge in [-0.2, -0.15) is 0 Å². The van der Waals surface area contributed by atoms with Crippen LogP contribution in [0, 0.1) is 0 Å². The molecule has 1 saturated heterocycles. The molecule has 1 heterocycles. The van der Waals surface area contributed by atoms with Gasteiger partial charge in [0.15, 0.2) is 6.04 Å². The number of likely N-dealkylation sites (tertiary alicyclic amines) is 1. The molecule has 16 heavy (non-hydrogen) atoms. The minimum atomic E-state index is -1.08. The lowest BCUT2D eigenvalue weighted by Gasteiger charge is -2.28. The van der Waals surface area contributed by atoms with Crippen LogP contribution < -0.4 is 5.32 Å². The lowest BCUT2D eigenvalue weighted by Crippen LogP contribution is -2.51. The molecule has 1 fully saturated rings. The fourth-order valence-electron chi connectivity index (χ4n) is 1.68. The normalized spacial score (nSPS) is 17.9. The summed E-state index contributed by atoms with van der Waals surface area (Å²) >= 11 is 0. The van der Waals surface area contributed by atoms with Gasteiger partial charge in [-0.25, -0.2) is 9.59 Å². The molecule has 1 aliphatic rings. The molecule has 1 atom stereocenters. The highest BCUT2D eigenvalue weighted by Crippen LogP contribution is 2.08. The molecule has 1 unspecified atom stereocenters. The van der Waals surface area contributed by atoms with Crippen LogP contribution in [-0.2, 0) is 9.53 Å². The second kappa shape index (κ2) is 6.32. The van der Waals surface area contributed by atoms with E-state index in [1.54, 1.807) is 4.90 Å². The number of carbonyl (C=O) groups excluding carboxylic acids is 1. The Morgan fingerprint density at radius 2 is 2.00 bits per heavy atom. The Balaban J connectivity index is 2.43. The van der Waals surface area contributed by atoms with Gasteiger partial charge in [-0.05, 0) is 19.3 Å². The number of piperidine rings is 1. The van der Waals surface area contributed by atoms with Crippen molar-refractivity contribution in [2.45, 2.75) is 25.3 Å². The molecule has 2 N–H and O–H groups in total. The second-order valence-corrected chi connectivity index (χ2v) is 3.84. The number of urea groups is 1. The number of carbonyl (C=O) groups is 2. The number of ether oxygens (including phenoxy) is 1. The van der Waals surface area contributed by atoms with Crippen molar-refractivity contribution in [3.05, 3.63) is 0 Å². The maximum absolute atomic E-state index is 11.7. The number of amides is 2. The summed E-state index contributed by atoms with van der Waals surface area (Å²) in [6, 6.07) is -1.29. The molecular formula is C10H18N2O4. The lowest BCUT2D eigenvalue weighted by atomic mass is 10.1. The van der Waals surface area contributed by atoms with Gasteiger partial charge in [0.25, 0.3) is 0 Å². The first-order valence-electron chi connectivity index (χ1n) is 5.42. The third-order valence-electron chi connectivity index (χ3n) is 2.57. The number of carboxylic acid groups (broad SMARTS) is 1. The molecule has 0 aromatic heterocycles. The van der Waals surface area contributed by atoms with Crippen molar-refractivity contribution < 1.29 is 19.4 Å². The lowest BCUT2D eigenvalue weighted by molar-refractivity contribution is -0.140. The largest absolute Gasteiger partial charge is 0.480 e. The van der Waals surface area contributed by atoms with E-state index in [2.05, 4.69) is 5.32 Å². The number of rotatable bonds is 4.